The van der Waals surface area contributed by atoms with Crippen molar-refractivity contribution in [2.45, 2.75) is 13.3 Å². The number of hydrogen-bond acceptors (Lipinski definition) is 6. The molecular formula is C24H19N5OS. The zero-order chi connectivity index (χ0) is 21.4. The number of hydrogen-bond donors (Lipinski definition) is 1. The quantitative estimate of drug-likeness (QED) is 0.406. The fourth-order valence-corrected chi connectivity index (χ4v) is 4.24. The number of carbonyl (C=O) groups excluding carboxylic acids is 1. The highest BCUT2D eigenvalue weighted by molar-refractivity contribution is 7.21. The van der Waals surface area contributed by atoms with Crippen molar-refractivity contribution >= 4 is 32.6 Å². The van der Waals surface area contributed by atoms with Gasteiger partial charge in [-0.15, -0.1) is 0 Å². The number of ketones is 1. The molecule has 0 atom stereocenters. The predicted molar refractivity (Wildman–Crippen MR) is 124 cm³/mol. The number of aryl methyl sites for hydroxylation is 1. The number of carbonyl (C=O) groups is 1. The van der Waals surface area contributed by atoms with E-state index in [1.807, 2.05) is 72.4 Å². The Labute approximate surface area is 183 Å². The van der Waals surface area contributed by atoms with E-state index in [2.05, 4.69) is 15.0 Å². The van der Waals surface area contributed by atoms with E-state index in [9.17, 15) is 4.79 Å². The van der Waals surface area contributed by atoms with Crippen LogP contribution in [0.25, 0.3) is 27.2 Å². The van der Waals surface area contributed by atoms with Gasteiger partial charge in [0.1, 0.15) is 10.3 Å². The average molecular weight is 426 g/mol. The monoisotopic (exact) mass is 425 g/mol. The smallest absolute Gasteiger partial charge is 0.182 e. The number of nitrogens with zero attached hydrogens (tertiary/aromatic N) is 4. The number of fused-ring (bicyclic) bond motifs is 1. The van der Waals surface area contributed by atoms with E-state index in [4.69, 9.17) is 5.73 Å². The number of benzene rings is 2. The summed E-state index contributed by atoms with van der Waals surface area (Å²) >= 11 is 1.37. The lowest BCUT2D eigenvalue weighted by Crippen LogP contribution is -2.04. The number of anilines is 1. The van der Waals surface area contributed by atoms with Crippen LogP contribution < -0.4 is 5.73 Å². The van der Waals surface area contributed by atoms with Crippen LogP contribution in [0.15, 0.2) is 73.4 Å². The van der Waals surface area contributed by atoms with Crippen molar-refractivity contribution in [3.05, 3.63) is 90.1 Å². The molecule has 0 saturated carbocycles. The maximum atomic E-state index is 13.0. The molecular weight excluding hydrogens is 406 g/mol. The highest BCUT2D eigenvalue weighted by atomic mass is 32.1. The lowest BCUT2D eigenvalue weighted by Gasteiger charge is -2.09. The molecule has 0 fully saturated rings. The molecule has 5 aromatic rings. The Kier molecular flexibility index (Phi) is 4.80. The molecule has 0 bridgehead atoms. The first-order valence-corrected chi connectivity index (χ1v) is 10.6. The Balaban J connectivity index is 1.40. The van der Waals surface area contributed by atoms with Crippen molar-refractivity contribution in [3.8, 4) is 16.8 Å². The summed E-state index contributed by atoms with van der Waals surface area (Å²) in [5.74, 6) is 0.0728. The molecule has 0 unspecified atom stereocenters. The largest absolute Gasteiger partial charge is 0.375 e. The SMILES string of the molecule is Cc1ccc(C(=O)Cc2ccc(-n3ccnc3)cc2)cc1-c1cnc2sc(N)nc2c1. The lowest BCUT2D eigenvalue weighted by atomic mass is 9.95. The molecule has 5 rings (SSSR count). The van der Waals surface area contributed by atoms with Crippen molar-refractivity contribution < 1.29 is 4.79 Å². The van der Waals surface area contributed by atoms with Crippen LogP contribution in [0, 0.1) is 6.92 Å². The van der Waals surface area contributed by atoms with E-state index in [0.29, 0.717) is 17.1 Å². The van der Waals surface area contributed by atoms with Crippen molar-refractivity contribution in [1.82, 2.24) is 19.5 Å². The van der Waals surface area contributed by atoms with E-state index in [1.54, 1.807) is 12.5 Å². The normalized spacial score (nSPS) is 11.1. The summed E-state index contributed by atoms with van der Waals surface area (Å²) in [7, 11) is 0. The highest BCUT2D eigenvalue weighted by Gasteiger charge is 2.12. The lowest BCUT2D eigenvalue weighted by molar-refractivity contribution is 0.0993. The summed E-state index contributed by atoms with van der Waals surface area (Å²) in [4.78, 5) is 26.7. The summed E-state index contributed by atoms with van der Waals surface area (Å²) < 4.78 is 1.93. The second kappa shape index (κ2) is 7.77. The molecule has 0 aliphatic heterocycles. The van der Waals surface area contributed by atoms with Crippen LogP contribution in [-0.2, 0) is 6.42 Å². The molecule has 31 heavy (non-hydrogen) atoms. The van der Waals surface area contributed by atoms with Crippen molar-refractivity contribution in [2.24, 2.45) is 0 Å². The van der Waals surface area contributed by atoms with Gasteiger partial charge in [-0.1, -0.05) is 35.6 Å². The second-order valence-electron chi connectivity index (χ2n) is 7.37. The van der Waals surface area contributed by atoms with Gasteiger partial charge >= 0.3 is 0 Å². The fourth-order valence-electron chi connectivity index (χ4n) is 3.58. The van der Waals surface area contributed by atoms with Gasteiger partial charge in [0.05, 0.1) is 6.33 Å². The first-order valence-electron chi connectivity index (χ1n) is 9.80. The van der Waals surface area contributed by atoms with Gasteiger partial charge < -0.3 is 10.3 Å². The van der Waals surface area contributed by atoms with E-state index in [-0.39, 0.29) is 5.78 Å². The molecule has 7 heteroatoms. The number of aromatic nitrogens is 4. The van der Waals surface area contributed by atoms with Gasteiger partial charge in [0.2, 0.25) is 0 Å². The molecule has 152 valence electrons. The van der Waals surface area contributed by atoms with Gasteiger partial charge in [-0.25, -0.2) is 15.0 Å². The summed E-state index contributed by atoms with van der Waals surface area (Å²) in [5, 5.41) is 0.499. The highest BCUT2D eigenvalue weighted by Crippen LogP contribution is 2.29. The molecule has 3 aromatic heterocycles. The third kappa shape index (κ3) is 3.83. The summed E-state index contributed by atoms with van der Waals surface area (Å²) in [6.45, 7) is 2.03. The molecule has 6 nitrogen and oxygen atoms in total. The zero-order valence-electron chi connectivity index (χ0n) is 16.8. The van der Waals surface area contributed by atoms with Gasteiger partial charge in [0.25, 0.3) is 0 Å². The van der Waals surface area contributed by atoms with Crippen LogP contribution in [0.4, 0.5) is 5.13 Å². The predicted octanol–water partition coefficient (Wildman–Crippen LogP) is 4.86. The number of thiazole rings is 1. The molecule has 0 spiro atoms. The van der Waals surface area contributed by atoms with Crippen LogP contribution in [0.1, 0.15) is 21.5 Å². The van der Waals surface area contributed by atoms with Gasteiger partial charge in [0.15, 0.2) is 10.9 Å². The van der Waals surface area contributed by atoms with Crippen LogP contribution in [0.5, 0.6) is 0 Å². The van der Waals surface area contributed by atoms with E-state index in [0.717, 1.165) is 38.3 Å². The van der Waals surface area contributed by atoms with Crippen molar-refractivity contribution in [2.75, 3.05) is 5.73 Å². The second-order valence-corrected chi connectivity index (χ2v) is 8.38. The third-order valence-corrected chi connectivity index (χ3v) is 6.05. The molecule has 0 saturated heterocycles. The van der Waals surface area contributed by atoms with Gasteiger partial charge in [0, 0.05) is 41.8 Å². The molecule has 2 aromatic carbocycles. The Bertz CT molecular complexity index is 1390. The minimum atomic E-state index is 0.0728. The number of Topliss-reactive ketones (excluding diaryl/α,β-unsaturated/α-hetero) is 1. The van der Waals surface area contributed by atoms with Gasteiger partial charge in [-0.05, 0) is 47.9 Å². The van der Waals surface area contributed by atoms with Gasteiger partial charge in [-0.3, -0.25) is 4.79 Å². The molecule has 0 radical (unpaired) electrons. The molecule has 3 heterocycles. The Morgan fingerprint density at radius 2 is 1.97 bits per heavy atom. The minimum Gasteiger partial charge on any atom is -0.375 e. The number of nitrogens with two attached hydrogens (primary N) is 1. The van der Waals surface area contributed by atoms with Gasteiger partial charge in [-0.2, -0.15) is 0 Å². The number of nitrogen functional groups attached to an aromatic ring is 1. The summed E-state index contributed by atoms with van der Waals surface area (Å²) in [6, 6.07) is 15.7. The number of imidazole rings is 1. The maximum Gasteiger partial charge on any atom is 0.182 e. The minimum absolute atomic E-state index is 0.0728. The molecule has 2 N–H and O–H groups in total. The number of rotatable bonds is 5. The third-order valence-electron chi connectivity index (χ3n) is 5.24. The maximum absolute atomic E-state index is 13.0. The number of pyridine rings is 1. The first kappa shape index (κ1) is 19.1. The van der Waals surface area contributed by atoms with Crippen LogP contribution in [0.3, 0.4) is 0 Å². The average Bonchev–Trinajstić information content (AvgIpc) is 3.43. The summed E-state index contributed by atoms with van der Waals surface area (Å²) in [6.07, 6.45) is 7.53. The Morgan fingerprint density at radius 3 is 2.74 bits per heavy atom. The summed E-state index contributed by atoms with van der Waals surface area (Å²) in [5.41, 5.74) is 12.2. The first-order chi connectivity index (χ1) is 15.1. The Hall–Kier alpha value is -3.84. The van der Waals surface area contributed by atoms with Crippen molar-refractivity contribution in [3.63, 3.8) is 0 Å². The topological polar surface area (TPSA) is 86.7 Å². The molecule has 0 aliphatic rings. The molecule has 0 amide bonds. The zero-order valence-corrected chi connectivity index (χ0v) is 17.6. The fraction of sp³-hybridized carbons (Fsp3) is 0.0833. The van der Waals surface area contributed by atoms with Crippen LogP contribution in [0.2, 0.25) is 0 Å². The van der Waals surface area contributed by atoms with E-state index >= 15 is 0 Å². The van der Waals surface area contributed by atoms with Crippen LogP contribution in [-0.4, -0.2) is 25.3 Å². The van der Waals surface area contributed by atoms with Crippen molar-refractivity contribution in [1.29, 1.82) is 0 Å². The Morgan fingerprint density at radius 1 is 1.13 bits per heavy atom. The molecule has 0 aliphatic carbocycles. The van der Waals surface area contributed by atoms with E-state index < -0.39 is 0 Å². The van der Waals surface area contributed by atoms with E-state index in [1.165, 1.54) is 11.3 Å². The van der Waals surface area contributed by atoms with Crippen LogP contribution >= 0.6 is 11.3 Å². The standard InChI is InChI=1S/C24H19N5OS/c1-15-2-5-17(11-20(15)18-12-21-23(27-13-18)31-24(25)28-21)22(30)10-16-3-6-19(7-4-16)29-9-8-26-14-29/h2-9,11-14H,10H2,1H3,(H2,25,28).